The van der Waals surface area contributed by atoms with Gasteiger partial charge in [0.2, 0.25) is 0 Å². The zero-order chi connectivity index (χ0) is 18.0. The number of rotatable bonds is 6. The van der Waals surface area contributed by atoms with Crippen LogP contribution in [0.3, 0.4) is 0 Å². The smallest absolute Gasteiger partial charge is 0.0678 e. The minimum atomic E-state index is -0.678. The normalized spacial score (nSPS) is 16.2. The topological polar surface area (TPSA) is 0 Å². The molecule has 2 aromatic carbocycles. The van der Waals surface area contributed by atoms with Crippen molar-refractivity contribution < 1.29 is 0 Å². The van der Waals surface area contributed by atoms with Crippen molar-refractivity contribution in [3.05, 3.63) is 69.8 Å². The average Bonchev–Trinajstić information content (AvgIpc) is 2.88. The molecular weight excluding hydrogens is 316 g/mol. The molecule has 0 saturated carbocycles. The highest BCUT2D eigenvalue weighted by molar-refractivity contribution is 6.76. The van der Waals surface area contributed by atoms with Crippen LogP contribution in [0.25, 0.3) is 6.08 Å². The van der Waals surface area contributed by atoms with Crippen LogP contribution >= 0.6 is 0 Å². The Morgan fingerprint density at radius 1 is 0.920 bits per heavy atom. The molecule has 25 heavy (non-hydrogen) atoms. The third-order valence-electron chi connectivity index (χ3n) is 5.54. The van der Waals surface area contributed by atoms with E-state index in [0.29, 0.717) is 5.54 Å². The number of fused-ring (bicyclic) bond motifs is 1. The lowest BCUT2D eigenvalue weighted by Gasteiger charge is -2.28. The van der Waals surface area contributed by atoms with Crippen LogP contribution in [0.1, 0.15) is 66.5 Å². The van der Waals surface area contributed by atoms with E-state index in [9.17, 15) is 0 Å². The number of aryl methyl sites for hydroxylation is 3. The van der Waals surface area contributed by atoms with Crippen LogP contribution in [-0.2, 0) is 0 Å². The summed E-state index contributed by atoms with van der Waals surface area (Å²) in [4.78, 5) is 0. The van der Waals surface area contributed by atoms with E-state index < -0.39 is 8.80 Å². The molecule has 1 aliphatic carbocycles. The van der Waals surface area contributed by atoms with Crippen molar-refractivity contribution in [3.63, 3.8) is 0 Å². The first-order valence-electron chi connectivity index (χ1n) is 9.74. The summed E-state index contributed by atoms with van der Waals surface area (Å²) in [5.74, 6) is 0. The monoisotopic (exact) mass is 347 g/mol. The highest BCUT2D eigenvalue weighted by atomic mass is 28.3. The van der Waals surface area contributed by atoms with Crippen LogP contribution in [0, 0.1) is 20.8 Å². The first-order chi connectivity index (χ1) is 12.0. The van der Waals surface area contributed by atoms with Gasteiger partial charge in [-0.3, -0.25) is 0 Å². The molecule has 0 N–H and O–H groups in total. The van der Waals surface area contributed by atoms with Gasteiger partial charge in [-0.2, -0.15) is 0 Å². The molecule has 0 spiro atoms. The second kappa shape index (κ2) is 7.74. The third kappa shape index (κ3) is 3.67. The maximum absolute atomic E-state index is 2.43. The molecule has 0 aliphatic heterocycles. The van der Waals surface area contributed by atoms with Gasteiger partial charge in [0.05, 0.1) is 8.80 Å². The van der Waals surface area contributed by atoms with Gasteiger partial charge in [0.25, 0.3) is 0 Å². The molecule has 1 aliphatic rings. The van der Waals surface area contributed by atoms with Gasteiger partial charge < -0.3 is 0 Å². The molecular formula is C24H31Si. The van der Waals surface area contributed by atoms with Crippen LogP contribution in [0.4, 0.5) is 0 Å². The fourth-order valence-electron chi connectivity index (χ4n) is 4.61. The minimum Gasteiger partial charge on any atom is -0.0678 e. The Balaban J connectivity index is 2.06. The second-order valence-corrected chi connectivity index (χ2v) is 10.3. The molecule has 0 saturated heterocycles. The predicted molar refractivity (Wildman–Crippen MR) is 113 cm³/mol. The van der Waals surface area contributed by atoms with Crippen molar-refractivity contribution in [1.82, 2.24) is 0 Å². The van der Waals surface area contributed by atoms with Gasteiger partial charge in [-0.15, -0.1) is 0 Å². The van der Waals surface area contributed by atoms with Crippen LogP contribution in [-0.4, -0.2) is 8.80 Å². The Morgan fingerprint density at radius 3 is 2.28 bits per heavy atom. The summed E-state index contributed by atoms with van der Waals surface area (Å²) in [6.45, 7) is 11.6. The summed E-state index contributed by atoms with van der Waals surface area (Å²) in [5.41, 5.74) is 9.66. The fourth-order valence-corrected chi connectivity index (χ4v) is 8.49. The maximum atomic E-state index is 2.43. The second-order valence-electron chi connectivity index (χ2n) is 7.71. The Kier molecular flexibility index (Phi) is 5.63. The van der Waals surface area contributed by atoms with Crippen LogP contribution in [0.15, 0.2) is 42.0 Å². The zero-order valence-corrected chi connectivity index (χ0v) is 17.4. The number of hydrogen-bond acceptors (Lipinski definition) is 0. The summed E-state index contributed by atoms with van der Waals surface area (Å²) in [6.07, 6.45) is 6.46. The highest BCUT2D eigenvalue weighted by Gasteiger charge is 2.33. The van der Waals surface area contributed by atoms with E-state index >= 15 is 0 Å². The van der Waals surface area contributed by atoms with Crippen LogP contribution < -0.4 is 5.19 Å². The summed E-state index contributed by atoms with van der Waals surface area (Å²) >= 11 is 0. The molecule has 1 radical (unpaired) electrons. The standard InChI is InChI=1S/C24H31Si/c1-6-7-10-13-25(23-18(3)14-17(2)15-19(23)4)24-20(5)16-21-11-8-9-12-22(21)24/h8-9,11-12,14-16,24H,6-7,10,13H2,1-5H3. The Labute approximate surface area is 155 Å². The molecule has 0 bridgehead atoms. The minimum absolute atomic E-state index is 0.637. The largest absolute Gasteiger partial charge is 0.0986 e. The molecule has 0 heterocycles. The van der Waals surface area contributed by atoms with E-state index in [-0.39, 0.29) is 0 Å². The third-order valence-corrected chi connectivity index (χ3v) is 9.33. The lowest BCUT2D eigenvalue weighted by Crippen LogP contribution is -2.40. The Morgan fingerprint density at radius 2 is 1.60 bits per heavy atom. The lowest BCUT2D eigenvalue weighted by molar-refractivity contribution is 0.763. The van der Waals surface area contributed by atoms with E-state index in [1.54, 1.807) is 16.3 Å². The fraction of sp³-hybridized carbons (Fsp3) is 0.417. The predicted octanol–water partition coefficient (Wildman–Crippen LogP) is 6.24. The Hall–Kier alpha value is -1.60. The van der Waals surface area contributed by atoms with Crippen molar-refractivity contribution in [2.45, 2.75) is 65.5 Å². The molecule has 2 aromatic rings. The van der Waals surface area contributed by atoms with E-state index in [1.165, 1.54) is 47.6 Å². The van der Waals surface area contributed by atoms with Crippen LogP contribution in [0.2, 0.25) is 6.04 Å². The number of unbranched alkanes of at least 4 members (excludes halogenated alkanes) is 2. The molecule has 0 nitrogen and oxygen atoms in total. The first-order valence-corrected chi connectivity index (χ1v) is 11.5. The van der Waals surface area contributed by atoms with Gasteiger partial charge >= 0.3 is 0 Å². The van der Waals surface area contributed by atoms with Gasteiger partial charge in [-0.05, 0) is 38.8 Å². The van der Waals surface area contributed by atoms with Crippen molar-refractivity contribution in [2.75, 3.05) is 0 Å². The first kappa shape index (κ1) is 18.2. The SMILES string of the molecule is CCCCC[Si](c1c(C)cc(C)cc1C)C1C(C)=Cc2ccccc21. The lowest BCUT2D eigenvalue weighted by atomic mass is 10.1. The summed E-state index contributed by atoms with van der Waals surface area (Å²) in [7, 11) is -0.678. The van der Waals surface area contributed by atoms with E-state index in [4.69, 9.17) is 0 Å². The zero-order valence-electron chi connectivity index (χ0n) is 16.4. The van der Waals surface area contributed by atoms with Gasteiger partial charge in [-0.1, -0.05) is 102 Å². The molecule has 3 rings (SSSR count). The maximum Gasteiger partial charge on any atom is 0.0986 e. The van der Waals surface area contributed by atoms with Gasteiger partial charge in [0.1, 0.15) is 0 Å². The van der Waals surface area contributed by atoms with E-state index in [0.717, 1.165) is 0 Å². The highest BCUT2D eigenvalue weighted by Crippen LogP contribution is 2.39. The van der Waals surface area contributed by atoms with Crippen molar-refractivity contribution in [3.8, 4) is 0 Å². The molecule has 1 heteroatoms. The molecule has 131 valence electrons. The van der Waals surface area contributed by atoms with Crippen LogP contribution in [0.5, 0.6) is 0 Å². The molecule has 0 aromatic heterocycles. The van der Waals surface area contributed by atoms with Gasteiger partial charge in [0, 0.05) is 5.54 Å². The van der Waals surface area contributed by atoms with Crippen molar-refractivity contribution in [2.24, 2.45) is 0 Å². The van der Waals surface area contributed by atoms with E-state index in [2.05, 4.69) is 77.1 Å². The quantitative estimate of drug-likeness (QED) is 0.428. The molecule has 1 unspecified atom stereocenters. The Bertz CT molecular complexity index is 761. The number of hydrogen-bond donors (Lipinski definition) is 0. The van der Waals surface area contributed by atoms with Crippen molar-refractivity contribution >= 4 is 20.1 Å². The summed E-state index contributed by atoms with van der Waals surface area (Å²) in [6, 6.07) is 15.2. The van der Waals surface area contributed by atoms with E-state index in [1.807, 2.05) is 0 Å². The average molecular weight is 348 g/mol. The summed E-state index contributed by atoms with van der Waals surface area (Å²) in [5, 5.41) is 1.70. The van der Waals surface area contributed by atoms with Crippen molar-refractivity contribution in [1.29, 1.82) is 0 Å². The number of allylic oxidation sites excluding steroid dienone is 1. The molecule has 0 amide bonds. The molecule has 1 atom stereocenters. The number of benzene rings is 2. The molecule has 0 fully saturated rings. The van der Waals surface area contributed by atoms with Gasteiger partial charge in [0.15, 0.2) is 0 Å². The summed E-state index contributed by atoms with van der Waals surface area (Å²) < 4.78 is 0. The van der Waals surface area contributed by atoms with Gasteiger partial charge in [-0.25, -0.2) is 0 Å².